The highest BCUT2D eigenvalue weighted by atomic mass is 16.5. The summed E-state index contributed by atoms with van der Waals surface area (Å²) in [7, 11) is 0. The van der Waals surface area contributed by atoms with E-state index < -0.39 is 5.60 Å². The molecule has 0 aliphatic carbocycles. The molecule has 6 heteroatoms. The van der Waals surface area contributed by atoms with Crippen molar-refractivity contribution in [2.75, 3.05) is 18.5 Å². The van der Waals surface area contributed by atoms with Crippen LogP contribution < -0.4 is 5.32 Å². The maximum atomic E-state index is 11.0. The van der Waals surface area contributed by atoms with Crippen molar-refractivity contribution in [3.8, 4) is 0 Å². The number of para-hydroxylation sites is 1. The molecule has 166 valence electrons. The number of hydrogen-bond acceptors (Lipinski definition) is 6. The van der Waals surface area contributed by atoms with Gasteiger partial charge in [0.15, 0.2) is 0 Å². The zero-order valence-electron chi connectivity index (χ0n) is 18.0. The molecule has 1 N–H and O–H groups in total. The highest BCUT2D eigenvalue weighted by Gasteiger charge is 2.53. The van der Waals surface area contributed by atoms with Gasteiger partial charge in [0.1, 0.15) is 24.9 Å². The molecule has 6 nitrogen and oxygen atoms in total. The van der Waals surface area contributed by atoms with E-state index in [4.69, 9.17) is 14.2 Å². The van der Waals surface area contributed by atoms with Crippen LogP contribution >= 0.6 is 0 Å². The molecule has 2 aromatic rings. The fraction of sp³-hybridized carbons (Fsp3) is 0.308. The van der Waals surface area contributed by atoms with Gasteiger partial charge in [-0.3, -0.25) is 9.59 Å². The summed E-state index contributed by atoms with van der Waals surface area (Å²) in [6.45, 7) is 3.15. The molecule has 4 rings (SSSR count). The zero-order chi connectivity index (χ0) is 22.4. The van der Waals surface area contributed by atoms with Crippen LogP contribution in [0.3, 0.4) is 0 Å². The molecule has 2 aliphatic rings. The second kappa shape index (κ2) is 9.83. The van der Waals surface area contributed by atoms with Crippen molar-refractivity contribution < 1.29 is 23.8 Å². The van der Waals surface area contributed by atoms with Crippen LogP contribution in [-0.4, -0.2) is 43.9 Å². The summed E-state index contributed by atoms with van der Waals surface area (Å²) in [6, 6.07) is 18.3. The molecule has 0 radical (unpaired) electrons. The van der Waals surface area contributed by atoms with E-state index >= 15 is 0 Å². The minimum absolute atomic E-state index is 0.0730. The molecule has 0 saturated carbocycles. The van der Waals surface area contributed by atoms with Gasteiger partial charge in [-0.25, -0.2) is 0 Å². The predicted octanol–water partition coefficient (Wildman–Crippen LogP) is 3.62. The Labute approximate surface area is 187 Å². The van der Waals surface area contributed by atoms with E-state index in [1.807, 2.05) is 42.5 Å². The molecule has 3 unspecified atom stereocenters. The Kier molecular flexibility index (Phi) is 6.71. The van der Waals surface area contributed by atoms with Gasteiger partial charge in [0.2, 0.25) is 0 Å². The van der Waals surface area contributed by atoms with Crippen molar-refractivity contribution >= 4 is 18.6 Å². The minimum atomic E-state index is -0.825. The first-order chi connectivity index (χ1) is 15.7. The Bertz CT molecular complexity index is 999. The summed E-state index contributed by atoms with van der Waals surface area (Å²) in [5.41, 5.74) is 4.23. The molecule has 0 amide bonds. The first-order valence-corrected chi connectivity index (χ1v) is 10.8. The third-order valence-corrected chi connectivity index (χ3v) is 6.15. The molecule has 2 aliphatic heterocycles. The monoisotopic (exact) mass is 433 g/mol. The van der Waals surface area contributed by atoms with Crippen LogP contribution in [0.15, 0.2) is 77.9 Å². The molecule has 2 aromatic carbocycles. The fourth-order valence-electron chi connectivity index (χ4n) is 4.52. The largest absolute Gasteiger partial charge is 0.463 e. The van der Waals surface area contributed by atoms with E-state index in [2.05, 4.69) is 36.5 Å². The molecular formula is C26H27NO5. The summed E-state index contributed by atoms with van der Waals surface area (Å²) in [4.78, 5) is 21.8. The molecular weight excluding hydrogens is 406 g/mol. The standard InChI is InChI=1S/C26H27NO5/c1-2-19-8-10-20(11-9-19)14-25(27-21-6-4-3-5-7-21)26-13-12-24(32-26)22(15-30-17-28)23(26)16-31-18-29/h3-13,17-18,24-25,27H,2,14-16H2,1H3. The minimum Gasteiger partial charge on any atom is -0.463 e. The van der Waals surface area contributed by atoms with E-state index in [1.165, 1.54) is 11.1 Å². The smallest absolute Gasteiger partial charge is 0.293 e. The van der Waals surface area contributed by atoms with Crippen LogP contribution in [0.4, 0.5) is 5.69 Å². The quantitative estimate of drug-likeness (QED) is 0.407. The van der Waals surface area contributed by atoms with Gasteiger partial charge in [-0.05, 0) is 42.2 Å². The van der Waals surface area contributed by atoms with E-state index in [-0.39, 0.29) is 25.4 Å². The first-order valence-electron chi connectivity index (χ1n) is 10.8. The van der Waals surface area contributed by atoms with Gasteiger partial charge in [0, 0.05) is 16.8 Å². The number of benzene rings is 2. The number of hydrogen-bond donors (Lipinski definition) is 1. The Hall–Kier alpha value is -3.38. The number of rotatable bonds is 12. The van der Waals surface area contributed by atoms with Gasteiger partial charge in [-0.15, -0.1) is 0 Å². The van der Waals surface area contributed by atoms with Crippen molar-refractivity contribution in [2.45, 2.75) is 37.5 Å². The molecule has 3 atom stereocenters. The van der Waals surface area contributed by atoms with Crippen molar-refractivity contribution in [2.24, 2.45) is 0 Å². The van der Waals surface area contributed by atoms with E-state index in [9.17, 15) is 9.59 Å². The van der Waals surface area contributed by atoms with Gasteiger partial charge < -0.3 is 19.5 Å². The summed E-state index contributed by atoms with van der Waals surface area (Å²) < 4.78 is 16.7. The summed E-state index contributed by atoms with van der Waals surface area (Å²) in [6.07, 6.45) is 5.37. The normalized spacial score (nSPS) is 22.0. The van der Waals surface area contributed by atoms with Crippen LogP contribution in [0.5, 0.6) is 0 Å². The number of carbonyl (C=O) groups is 2. The first kappa shape index (κ1) is 21.8. The summed E-state index contributed by atoms with van der Waals surface area (Å²) >= 11 is 0. The van der Waals surface area contributed by atoms with Crippen LogP contribution in [0.25, 0.3) is 0 Å². The Morgan fingerprint density at radius 2 is 1.69 bits per heavy atom. The van der Waals surface area contributed by atoms with Crippen molar-refractivity contribution in [1.82, 2.24) is 0 Å². The summed E-state index contributed by atoms with van der Waals surface area (Å²) in [5.74, 6) is 0. The van der Waals surface area contributed by atoms with Gasteiger partial charge in [-0.2, -0.15) is 0 Å². The molecule has 0 spiro atoms. The van der Waals surface area contributed by atoms with Crippen LogP contribution in [0.1, 0.15) is 18.1 Å². The zero-order valence-corrected chi connectivity index (χ0v) is 18.0. The summed E-state index contributed by atoms with van der Waals surface area (Å²) in [5, 5.41) is 3.63. The lowest BCUT2D eigenvalue weighted by Crippen LogP contribution is -2.48. The van der Waals surface area contributed by atoms with Crippen molar-refractivity contribution in [1.29, 1.82) is 0 Å². The highest BCUT2D eigenvalue weighted by molar-refractivity contribution is 5.54. The van der Waals surface area contributed by atoms with Crippen molar-refractivity contribution in [3.05, 3.63) is 89.0 Å². The number of nitrogens with one attached hydrogen (secondary N) is 1. The molecule has 0 fully saturated rings. The number of aryl methyl sites for hydroxylation is 1. The molecule has 2 heterocycles. The van der Waals surface area contributed by atoms with E-state index in [1.54, 1.807) is 0 Å². The van der Waals surface area contributed by atoms with Crippen LogP contribution in [0.2, 0.25) is 0 Å². The molecule has 2 bridgehead atoms. The lowest BCUT2D eigenvalue weighted by atomic mass is 9.79. The Morgan fingerprint density at radius 1 is 1.00 bits per heavy atom. The maximum Gasteiger partial charge on any atom is 0.293 e. The average Bonchev–Trinajstić information content (AvgIpc) is 3.40. The SMILES string of the molecule is CCc1ccc(CC(Nc2ccccc2)C23C=CC(O2)C(COC=O)=C3COC=O)cc1. The van der Waals surface area contributed by atoms with Crippen LogP contribution in [0, 0.1) is 0 Å². The number of fused-ring (bicyclic) bond motifs is 2. The predicted molar refractivity (Wildman–Crippen MR) is 121 cm³/mol. The van der Waals surface area contributed by atoms with E-state index in [0.717, 1.165) is 23.3 Å². The lowest BCUT2D eigenvalue weighted by Gasteiger charge is -2.37. The second-order valence-electron chi connectivity index (χ2n) is 7.95. The Morgan fingerprint density at radius 3 is 2.38 bits per heavy atom. The van der Waals surface area contributed by atoms with Crippen LogP contribution in [-0.2, 0) is 36.6 Å². The topological polar surface area (TPSA) is 73.9 Å². The van der Waals surface area contributed by atoms with Gasteiger partial charge in [0.05, 0.1) is 6.04 Å². The molecule has 0 aromatic heterocycles. The third kappa shape index (κ3) is 4.32. The molecule has 0 saturated heterocycles. The average molecular weight is 434 g/mol. The maximum absolute atomic E-state index is 11.0. The number of ether oxygens (including phenoxy) is 3. The fourth-order valence-corrected chi connectivity index (χ4v) is 4.52. The number of carbonyl (C=O) groups excluding carboxylic acids is 2. The van der Waals surface area contributed by atoms with E-state index in [0.29, 0.717) is 19.4 Å². The molecule has 32 heavy (non-hydrogen) atoms. The van der Waals surface area contributed by atoms with Gasteiger partial charge >= 0.3 is 0 Å². The Balaban J connectivity index is 1.71. The lowest BCUT2D eigenvalue weighted by molar-refractivity contribution is -0.129. The third-order valence-electron chi connectivity index (χ3n) is 6.15. The van der Waals surface area contributed by atoms with Gasteiger partial charge in [0.25, 0.3) is 12.9 Å². The highest BCUT2D eigenvalue weighted by Crippen LogP contribution is 2.46. The van der Waals surface area contributed by atoms with Gasteiger partial charge in [-0.1, -0.05) is 55.5 Å². The van der Waals surface area contributed by atoms with Crippen molar-refractivity contribution in [3.63, 3.8) is 0 Å². The number of anilines is 1. The second-order valence-corrected chi connectivity index (χ2v) is 7.95.